The highest BCUT2D eigenvalue weighted by molar-refractivity contribution is 5.97. The van der Waals surface area contributed by atoms with E-state index in [1.165, 1.54) is 0 Å². The molecule has 2 unspecified atom stereocenters. The van der Waals surface area contributed by atoms with Gasteiger partial charge in [-0.2, -0.15) is 0 Å². The van der Waals surface area contributed by atoms with Crippen molar-refractivity contribution in [1.29, 1.82) is 0 Å². The molecule has 0 aromatic heterocycles. The second-order valence-electron chi connectivity index (χ2n) is 4.97. The summed E-state index contributed by atoms with van der Waals surface area (Å²) in [6.45, 7) is 1.99. The summed E-state index contributed by atoms with van der Waals surface area (Å²) in [6, 6.07) is 5.45. The van der Waals surface area contributed by atoms with Crippen LogP contribution in [0.25, 0.3) is 0 Å². The number of rotatable bonds is 3. The molecular formula is C14H20N2O2. The fourth-order valence-corrected chi connectivity index (χ4v) is 2.59. The maximum atomic E-state index is 12.2. The summed E-state index contributed by atoms with van der Waals surface area (Å²) in [7, 11) is 0. The second-order valence-corrected chi connectivity index (χ2v) is 4.97. The van der Waals surface area contributed by atoms with E-state index in [0.717, 1.165) is 24.8 Å². The number of carbonyl (C=O) groups excluding carboxylic acids is 1. The van der Waals surface area contributed by atoms with Gasteiger partial charge in [0.05, 0.1) is 0 Å². The quantitative estimate of drug-likeness (QED) is 0.709. The Kier molecular flexibility index (Phi) is 3.87. The van der Waals surface area contributed by atoms with Crippen LogP contribution in [0.3, 0.4) is 0 Å². The molecule has 4 nitrogen and oxygen atoms in total. The summed E-state index contributed by atoms with van der Waals surface area (Å²) in [4.78, 5) is 12.2. The standard InChI is InChI=1S/C14H20N2O2/c1-9-11(5-3-6-12(9)15)14(18)16-13-7-2-4-10(13)8-17/h3,5-6,10,13,17H,2,4,7-8,15H2,1H3,(H,16,18). The van der Waals surface area contributed by atoms with Crippen LogP contribution in [-0.4, -0.2) is 23.7 Å². The van der Waals surface area contributed by atoms with E-state index >= 15 is 0 Å². The predicted octanol–water partition coefficient (Wildman–Crippen LogP) is 1.47. The van der Waals surface area contributed by atoms with Gasteiger partial charge in [0.15, 0.2) is 0 Å². The smallest absolute Gasteiger partial charge is 0.251 e. The van der Waals surface area contributed by atoms with Gasteiger partial charge in [0.2, 0.25) is 0 Å². The van der Waals surface area contributed by atoms with Crippen molar-refractivity contribution in [2.24, 2.45) is 5.92 Å². The minimum atomic E-state index is -0.0925. The molecule has 1 amide bonds. The lowest BCUT2D eigenvalue weighted by molar-refractivity contribution is 0.0915. The van der Waals surface area contributed by atoms with Crippen LogP contribution in [-0.2, 0) is 0 Å². The number of hydrogen-bond donors (Lipinski definition) is 3. The van der Waals surface area contributed by atoms with Crippen LogP contribution >= 0.6 is 0 Å². The molecular weight excluding hydrogens is 228 g/mol. The van der Waals surface area contributed by atoms with Crippen molar-refractivity contribution in [3.05, 3.63) is 29.3 Å². The average Bonchev–Trinajstić information content (AvgIpc) is 2.79. The minimum absolute atomic E-state index is 0.0864. The van der Waals surface area contributed by atoms with Gasteiger partial charge in [-0.15, -0.1) is 0 Å². The minimum Gasteiger partial charge on any atom is -0.398 e. The number of carbonyl (C=O) groups is 1. The van der Waals surface area contributed by atoms with Gasteiger partial charge in [0.1, 0.15) is 0 Å². The van der Waals surface area contributed by atoms with Crippen molar-refractivity contribution in [1.82, 2.24) is 5.32 Å². The van der Waals surface area contributed by atoms with Gasteiger partial charge in [0, 0.05) is 29.8 Å². The number of nitrogens with two attached hydrogens (primary N) is 1. The third kappa shape index (κ3) is 2.48. The van der Waals surface area contributed by atoms with Crippen LogP contribution < -0.4 is 11.1 Å². The van der Waals surface area contributed by atoms with Crippen LogP contribution in [0.1, 0.15) is 35.2 Å². The molecule has 1 aliphatic rings. The topological polar surface area (TPSA) is 75.4 Å². The Labute approximate surface area is 107 Å². The van der Waals surface area contributed by atoms with Crippen molar-refractivity contribution >= 4 is 11.6 Å². The molecule has 0 spiro atoms. The molecule has 1 aromatic rings. The lowest BCUT2D eigenvalue weighted by atomic mass is 10.0. The molecule has 2 rings (SSSR count). The number of nitrogens with one attached hydrogen (secondary N) is 1. The van der Waals surface area contributed by atoms with Crippen molar-refractivity contribution in [2.45, 2.75) is 32.2 Å². The fourth-order valence-electron chi connectivity index (χ4n) is 2.59. The predicted molar refractivity (Wildman–Crippen MR) is 71.3 cm³/mol. The van der Waals surface area contributed by atoms with E-state index in [0.29, 0.717) is 11.3 Å². The number of hydrogen-bond acceptors (Lipinski definition) is 3. The van der Waals surface area contributed by atoms with Crippen molar-refractivity contribution in [3.8, 4) is 0 Å². The van der Waals surface area contributed by atoms with Gasteiger partial charge in [-0.1, -0.05) is 12.5 Å². The van der Waals surface area contributed by atoms with E-state index < -0.39 is 0 Å². The highest BCUT2D eigenvalue weighted by atomic mass is 16.3. The molecule has 4 heteroatoms. The lowest BCUT2D eigenvalue weighted by Crippen LogP contribution is -2.38. The summed E-state index contributed by atoms with van der Waals surface area (Å²) in [5.41, 5.74) is 7.87. The Hall–Kier alpha value is -1.55. The zero-order valence-electron chi connectivity index (χ0n) is 10.6. The zero-order valence-corrected chi connectivity index (χ0v) is 10.6. The van der Waals surface area contributed by atoms with Gasteiger partial charge in [-0.25, -0.2) is 0 Å². The third-order valence-electron chi connectivity index (χ3n) is 3.83. The molecule has 2 atom stereocenters. The molecule has 0 radical (unpaired) electrons. The molecule has 1 aliphatic carbocycles. The zero-order chi connectivity index (χ0) is 13.1. The fraction of sp³-hybridized carbons (Fsp3) is 0.500. The first-order chi connectivity index (χ1) is 8.63. The summed E-state index contributed by atoms with van der Waals surface area (Å²) in [5, 5.41) is 12.3. The van der Waals surface area contributed by atoms with Crippen molar-refractivity contribution in [2.75, 3.05) is 12.3 Å². The summed E-state index contributed by atoms with van der Waals surface area (Å²) >= 11 is 0. The molecule has 0 bridgehead atoms. The summed E-state index contributed by atoms with van der Waals surface area (Å²) in [5.74, 6) is 0.0977. The number of anilines is 1. The highest BCUT2D eigenvalue weighted by Gasteiger charge is 2.28. The Bertz CT molecular complexity index is 445. The largest absolute Gasteiger partial charge is 0.398 e. The number of aliphatic hydroxyl groups is 1. The third-order valence-corrected chi connectivity index (χ3v) is 3.83. The first kappa shape index (κ1) is 12.9. The Balaban J connectivity index is 2.10. The maximum Gasteiger partial charge on any atom is 0.251 e. The van der Waals surface area contributed by atoms with Crippen LogP contribution in [0.15, 0.2) is 18.2 Å². The van der Waals surface area contributed by atoms with E-state index in [1.807, 2.05) is 6.92 Å². The van der Waals surface area contributed by atoms with Gasteiger partial charge in [-0.3, -0.25) is 4.79 Å². The maximum absolute atomic E-state index is 12.2. The van der Waals surface area contributed by atoms with Crippen molar-refractivity contribution in [3.63, 3.8) is 0 Å². The Morgan fingerprint density at radius 3 is 3.00 bits per heavy atom. The second kappa shape index (κ2) is 5.40. The molecule has 0 aliphatic heterocycles. The summed E-state index contributed by atoms with van der Waals surface area (Å²) in [6.07, 6.45) is 2.99. The van der Waals surface area contributed by atoms with Crippen LogP contribution in [0.4, 0.5) is 5.69 Å². The molecule has 0 saturated heterocycles. The van der Waals surface area contributed by atoms with Crippen LogP contribution in [0.5, 0.6) is 0 Å². The Morgan fingerprint density at radius 1 is 1.50 bits per heavy atom. The van der Waals surface area contributed by atoms with Gasteiger partial charge >= 0.3 is 0 Å². The lowest BCUT2D eigenvalue weighted by Gasteiger charge is -2.19. The van der Waals surface area contributed by atoms with Gasteiger partial charge in [-0.05, 0) is 37.5 Å². The van der Waals surface area contributed by atoms with E-state index in [4.69, 9.17) is 5.73 Å². The first-order valence-electron chi connectivity index (χ1n) is 6.40. The molecule has 1 saturated carbocycles. The number of benzene rings is 1. The molecule has 1 fully saturated rings. The van der Waals surface area contributed by atoms with E-state index in [2.05, 4.69) is 5.32 Å². The number of aliphatic hydroxyl groups excluding tert-OH is 1. The van der Waals surface area contributed by atoms with Crippen molar-refractivity contribution < 1.29 is 9.90 Å². The summed E-state index contributed by atoms with van der Waals surface area (Å²) < 4.78 is 0. The Morgan fingerprint density at radius 2 is 2.28 bits per heavy atom. The average molecular weight is 248 g/mol. The van der Waals surface area contributed by atoms with Crippen LogP contribution in [0.2, 0.25) is 0 Å². The number of amides is 1. The number of nitrogen functional groups attached to an aromatic ring is 1. The van der Waals surface area contributed by atoms with E-state index in [1.54, 1.807) is 18.2 Å². The normalized spacial score (nSPS) is 23.0. The van der Waals surface area contributed by atoms with Gasteiger partial charge in [0.25, 0.3) is 5.91 Å². The molecule has 1 aromatic carbocycles. The van der Waals surface area contributed by atoms with Crippen LogP contribution in [0, 0.1) is 12.8 Å². The molecule has 98 valence electrons. The highest BCUT2D eigenvalue weighted by Crippen LogP contribution is 2.25. The van der Waals surface area contributed by atoms with E-state index in [-0.39, 0.29) is 24.5 Å². The monoisotopic (exact) mass is 248 g/mol. The van der Waals surface area contributed by atoms with E-state index in [9.17, 15) is 9.90 Å². The molecule has 4 N–H and O–H groups in total. The molecule has 0 heterocycles. The van der Waals surface area contributed by atoms with Gasteiger partial charge < -0.3 is 16.2 Å². The first-order valence-corrected chi connectivity index (χ1v) is 6.40. The molecule has 18 heavy (non-hydrogen) atoms. The SMILES string of the molecule is Cc1c(N)cccc1C(=O)NC1CCCC1CO.